The Hall–Kier alpha value is -1.89. The van der Waals surface area contributed by atoms with Crippen molar-refractivity contribution in [3.63, 3.8) is 0 Å². The van der Waals surface area contributed by atoms with Gasteiger partial charge in [0.1, 0.15) is 12.4 Å². The van der Waals surface area contributed by atoms with E-state index in [1.807, 2.05) is 13.8 Å². The number of hydrogen-bond donors (Lipinski definition) is 1. The van der Waals surface area contributed by atoms with Gasteiger partial charge in [0.05, 0.1) is 11.3 Å². The largest absolute Gasteiger partial charge is 0.511 e. The summed E-state index contributed by atoms with van der Waals surface area (Å²) in [5.41, 5.74) is 0.811. The number of aliphatic hydroxyl groups is 1. The number of oxime groups is 1. The molecule has 1 unspecified atom stereocenters. The molecule has 1 atom stereocenters. The standard InChI is InChI=1S/C20H25F2NO3S/c1-3-5-17(23-26-4-2)20-18(24)10-13(11-19(20)25)8-9-27-14-6-7-15(21)16(22)12-14/h6-7,12-13,24H,3-5,8-11H2,1-2H3. The normalized spacial score (nSPS) is 18.1. The van der Waals surface area contributed by atoms with Crippen LogP contribution in [0.2, 0.25) is 0 Å². The average Bonchev–Trinajstić information content (AvgIpc) is 2.62. The van der Waals surface area contributed by atoms with Crippen LogP contribution in [0.1, 0.15) is 46.0 Å². The molecular formula is C20H25F2NO3S. The number of allylic oxidation sites excluding steroid dienone is 2. The van der Waals surface area contributed by atoms with Gasteiger partial charge in [-0.05, 0) is 49.6 Å². The predicted octanol–water partition coefficient (Wildman–Crippen LogP) is 5.43. The van der Waals surface area contributed by atoms with E-state index in [1.165, 1.54) is 23.9 Å². The Labute approximate surface area is 162 Å². The number of halogens is 2. The van der Waals surface area contributed by atoms with E-state index in [-0.39, 0.29) is 17.5 Å². The highest BCUT2D eigenvalue weighted by molar-refractivity contribution is 7.99. The number of thioether (sulfide) groups is 1. The molecule has 2 rings (SSSR count). The number of Topliss-reactive ketones (excluding diaryl/α,β-unsaturated/α-hetero) is 1. The molecule has 148 valence electrons. The minimum Gasteiger partial charge on any atom is -0.511 e. The second-order valence-electron chi connectivity index (χ2n) is 6.44. The molecule has 0 heterocycles. The van der Waals surface area contributed by atoms with Crippen molar-refractivity contribution in [1.29, 1.82) is 0 Å². The van der Waals surface area contributed by atoms with Crippen LogP contribution in [0, 0.1) is 17.6 Å². The summed E-state index contributed by atoms with van der Waals surface area (Å²) >= 11 is 1.41. The van der Waals surface area contributed by atoms with Crippen molar-refractivity contribution in [1.82, 2.24) is 0 Å². The van der Waals surface area contributed by atoms with Crippen LogP contribution in [-0.2, 0) is 9.63 Å². The van der Waals surface area contributed by atoms with Gasteiger partial charge in [-0.25, -0.2) is 8.78 Å². The summed E-state index contributed by atoms with van der Waals surface area (Å²) in [6.45, 7) is 4.19. The molecule has 1 aromatic rings. The molecule has 1 aromatic carbocycles. The van der Waals surface area contributed by atoms with Crippen LogP contribution in [0.25, 0.3) is 0 Å². The average molecular weight is 397 g/mol. The third kappa shape index (κ3) is 6.06. The first kappa shape index (κ1) is 21.4. The van der Waals surface area contributed by atoms with Crippen molar-refractivity contribution in [3.05, 3.63) is 41.2 Å². The van der Waals surface area contributed by atoms with Crippen molar-refractivity contribution in [2.75, 3.05) is 12.4 Å². The Morgan fingerprint density at radius 1 is 1.30 bits per heavy atom. The zero-order valence-corrected chi connectivity index (χ0v) is 16.5. The Morgan fingerprint density at radius 2 is 2.07 bits per heavy atom. The molecule has 0 saturated carbocycles. The first-order chi connectivity index (χ1) is 13.0. The highest BCUT2D eigenvalue weighted by Crippen LogP contribution is 2.32. The number of aliphatic hydroxyl groups excluding tert-OH is 1. The molecule has 0 amide bonds. The van der Waals surface area contributed by atoms with Gasteiger partial charge in [-0.2, -0.15) is 0 Å². The second kappa shape index (κ2) is 10.4. The van der Waals surface area contributed by atoms with E-state index >= 15 is 0 Å². The second-order valence-corrected chi connectivity index (χ2v) is 7.61. The molecule has 0 spiro atoms. The van der Waals surface area contributed by atoms with Crippen LogP contribution in [0.5, 0.6) is 0 Å². The van der Waals surface area contributed by atoms with Crippen LogP contribution >= 0.6 is 11.8 Å². The first-order valence-electron chi connectivity index (χ1n) is 9.18. The van der Waals surface area contributed by atoms with Crippen molar-refractivity contribution in [2.24, 2.45) is 11.1 Å². The maximum absolute atomic E-state index is 13.2. The third-order valence-corrected chi connectivity index (χ3v) is 5.32. The van der Waals surface area contributed by atoms with Gasteiger partial charge < -0.3 is 9.94 Å². The van der Waals surface area contributed by atoms with Crippen molar-refractivity contribution >= 4 is 23.3 Å². The molecular weight excluding hydrogens is 372 g/mol. The molecule has 0 aliphatic heterocycles. The number of nitrogens with zero attached hydrogens (tertiary/aromatic N) is 1. The van der Waals surface area contributed by atoms with Gasteiger partial charge in [0.15, 0.2) is 17.4 Å². The summed E-state index contributed by atoms with van der Waals surface area (Å²) in [5, 5.41) is 14.4. The molecule has 7 heteroatoms. The van der Waals surface area contributed by atoms with Crippen LogP contribution < -0.4 is 0 Å². The van der Waals surface area contributed by atoms with E-state index in [0.29, 0.717) is 54.2 Å². The Morgan fingerprint density at radius 3 is 2.70 bits per heavy atom. The number of rotatable bonds is 9. The van der Waals surface area contributed by atoms with Crippen LogP contribution in [0.4, 0.5) is 8.78 Å². The van der Waals surface area contributed by atoms with Gasteiger partial charge in [-0.3, -0.25) is 4.79 Å². The van der Waals surface area contributed by atoms with E-state index < -0.39 is 11.6 Å². The molecule has 0 bridgehead atoms. The maximum atomic E-state index is 13.2. The zero-order chi connectivity index (χ0) is 19.8. The zero-order valence-electron chi connectivity index (χ0n) is 15.6. The Bertz CT molecular complexity index is 734. The van der Waals surface area contributed by atoms with E-state index in [2.05, 4.69) is 5.16 Å². The molecule has 1 aliphatic rings. The smallest absolute Gasteiger partial charge is 0.168 e. The van der Waals surface area contributed by atoms with Gasteiger partial charge in [0, 0.05) is 17.7 Å². The van der Waals surface area contributed by atoms with Crippen molar-refractivity contribution < 1.29 is 23.5 Å². The number of ketones is 1. The lowest BCUT2D eigenvalue weighted by atomic mass is 9.83. The highest BCUT2D eigenvalue weighted by atomic mass is 32.2. The highest BCUT2D eigenvalue weighted by Gasteiger charge is 2.30. The summed E-state index contributed by atoms with van der Waals surface area (Å²) in [7, 11) is 0. The molecule has 0 saturated heterocycles. The van der Waals surface area contributed by atoms with Crippen LogP contribution in [-0.4, -0.2) is 29.0 Å². The number of benzene rings is 1. The summed E-state index contributed by atoms with van der Waals surface area (Å²) in [6.07, 6.45) is 2.81. The van der Waals surface area contributed by atoms with Crippen molar-refractivity contribution in [2.45, 2.75) is 50.8 Å². The van der Waals surface area contributed by atoms with Gasteiger partial charge in [-0.15, -0.1) is 11.8 Å². The molecule has 0 aromatic heterocycles. The van der Waals surface area contributed by atoms with Gasteiger partial charge >= 0.3 is 0 Å². The molecule has 0 fully saturated rings. The number of carbonyl (C=O) groups is 1. The maximum Gasteiger partial charge on any atom is 0.168 e. The molecule has 0 radical (unpaired) electrons. The first-order valence-corrected chi connectivity index (χ1v) is 10.2. The van der Waals surface area contributed by atoms with E-state index in [9.17, 15) is 18.7 Å². The molecule has 27 heavy (non-hydrogen) atoms. The number of hydrogen-bond acceptors (Lipinski definition) is 5. The molecule has 1 aliphatic carbocycles. The monoisotopic (exact) mass is 397 g/mol. The minimum atomic E-state index is -0.866. The van der Waals surface area contributed by atoms with Crippen LogP contribution in [0.15, 0.2) is 39.6 Å². The lowest BCUT2D eigenvalue weighted by Gasteiger charge is -2.23. The fourth-order valence-corrected chi connectivity index (χ4v) is 4.05. The van der Waals surface area contributed by atoms with Gasteiger partial charge in [-0.1, -0.05) is 18.5 Å². The SMILES string of the molecule is CCCC(=NOCC)C1=C(O)CC(CCSc2ccc(F)c(F)c2)CC1=O. The van der Waals surface area contributed by atoms with Gasteiger partial charge in [0.2, 0.25) is 0 Å². The third-order valence-electron chi connectivity index (χ3n) is 4.29. The Balaban J connectivity index is 1.97. The molecule has 4 nitrogen and oxygen atoms in total. The van der Waals surface area contributed by atoms with Gasteiger partial charge in [0.25, 0.3) is 0 Å². The summed E-state index contributed by atoms with van der Waals surface area (Å²) < 4.78 is 26.2. The topological polar surface area (TPSA) is 58.9 Å². The minimum absolute atomic E-state index is 0.0222. The van der Waals surface area contributed by atoms with E-state index in [1.54, 1.807) is 0 Å². The summed E-state index contributed by atoms with van der Waals surface area (Å²) in [5.74, 6) is -1.10. The fraction of sp³-hybridized carbons (Fsp3) is 0.500. The summed E-state index contributed by atoms with van der Waals surface area (Å²) in [4.78, 5) is 18.3. The lowest BCUT2D eigenvalue weighted by molar-refractivity contribution is -0.116. The quantitative estimate of drug-likeness (QED) is 0.343. The van der Waals surface area contributed by atoms with E-state index in [4.69, 9.17) is 4.84 Å². The fourth-order valence-electron chi connectivity index (χ4n) is 3.01. The predicted molar refractivity (Wildman–Crippen MR) is 103 cm³/mol. The lowest BCUT2D eigenvalue weighted by Crippen LogP contribution is -2.25. The summed E-state index contributed by atoms with van der Waals surface area (Å²) in [6, 6.07) is 3.81. The van der Waals surface area contributed by atoms with Crippen LogP contribution in [0.3, 0.4) is 0 Å². The van der Waals surface area contributed by atoms with Crippen molar-refractivity contribution in [3.8, 4) is 0 Å². The van der Waals surface area contributed by atoms with E-state index in [0.717, 1.165) is 12.5 Å². The Kier molecular flexibility index (Phi) is 8.28. The molecule has 1 N–H and O–H groups in total. The number of carbonyl (C=O) groups excluding carboxylic acids is 1.